The van der Waals surface area contributed by atoms with Crippen LogP contribution in [0.3, 0.4) is 0 Å². The number of aryl methyl sites for hydroxylation is 1. The van der Waals surface area contributed by atoms with Gasteiger partial charge >= 0.3 is 0 Å². The van der Waals surface area contributed by atoms with Crippen molar-refractivity contribution in [2.75, 3.05) is 7.11 Å². The summed E-state index contributed by atoms with van der Waals surface area (Å²) in [7, 11) is 1.58. The van der Waals surface area contributed by atoms with Crippen molar-refractivity contribution in [3.63, 3.8) is 0 Å². The maximum atomic E-state index is 12.9. The normalized spacial score (nSPS) is 10.6. The monoisotopic (exact) mass is 277 g/mol. The summed E-state index contributed by atoms with van der Waals surface area (Å²) in [6.07, 6.45) is 3.46. The lowest BCUT2D eigenvalue weighted by Gasteiger charge is -2.10. The van der Waals surface area contributed by atoms with E-state index in [1.807, 2.05) is 49.4 Å². The Bertz CT molecular complexity index is 819. The molecule has 3 heteroatoms. The van der Waals surface area contributed by atoms with Crippen molar-refractivity contribution in [1.82, 2.24) is 4.98 Å². The van der Waals surface area contributed by atoms with Crippen molar-refractivity contribution < 1.29 is 9.53 Å². The van der Waals surface area contributed by atoms with Gasteiger partial charge in [-0.2, -0.15) is 0 Å². The van der Waals surface area contributed by atoms with Crippen molar-refractivity contribution in [2.45, 2.75) is 6.92 Å². The Morgan fingerprint density at radius 1 is 1.10 bits per heavy atom. The number of ether oxygens (including phenoxy) is 1. The van der Waals surface area contributed by atoms with Crippen LogP contribution in [0.4, 0.5) is 0 Å². The van der Waals surface area contributed by atoms with Gasteiger partial charge in [0.15, 0.2) is 5.78 Å². The van der Waals surface area contributed by atoms with E-state index in [0.29, 0.717) is 16.9 Å². The molecule has 0 unspecified atom stereocenters. The molecule has 0 atom stereocenters. The van der Waals surface area contributed by atoms with Crippen LogP contribution in [0.5, 0.6) is 5.75 Å². The minimum Gasteiger partial charge on any atom is -0.496 e. The first kappa shape index (κ1) is 13.3. The minimum absolute atomic E-state index is 0.0383. The Labute approximate surface area is 123 Å². The highest BCUT2D eigenvalue weighted by molar-refractivity contribution is 6.17. The number of hydrogen-bond donors (Lipinski definition) is 0. The molecule has 0 aliphatic rings. The van der Waals surface area contributed by atoms with E-state index in [4.69, 9.17) is 4.74 Å². The van der Waals surface area contributed by atoms with E-state index in [2.05, 4.69) is 4.98 Å². The van der Waals surface area contributed by atoms with Crippen molar-refractivity contribution in [3.8, 4) is 5.75 Å². The molecule has 0 aliphatic carbocycles. The molecule has 0 N–H and O–H groups in total. The maximum absolute atomic E-state index is 12.9. The Morgan fingerprint density at radius 3 is 2.76 bits per heavy atom. The van der Waals surface area contributed by atoms with Crippen LogP contribution in [0.2, 0.25) is 0 Å². The van der Waals surface area contributed by atoms with Crippen LogP contribution in [-0.4, -0.2) is 17.9 Å². The van der Waals surface area contributed by atoms with E-state index in [-0.39, 0.29) is 5.78 Å². The van der Waals surface area contributed by atoms with E-state index < -0.39 is 0 Å². The smallest absolute Gasteiger partial charge is 0.197 e. The molecule has 0 amide bonds. The average molecular weight is 277 g/mol. The third kappa shape index (κ3) is 2.38. The molecule has 3 nitrogen and oxygen atoms in total. The zero-order chi connectivity index (χ0) is 14.8. The van der Waals surface area contributed by atoms with Crippen LogP contribution < -0.4 is 4.74 Å². The predicted octanol–water partition coefficient (Wildman–Crippen LogP) is 3.78. The summed E-state index contributed by atoms with van der Waals surface area (Å²) >= 11 is 0. The number of benzene rings is 2. The van der Waals surface area contributed by atoms with Crippen LogP contribution >= 0.6 is 0 Å². The number of carbonyl (C=O) groups excluding carboxylic acids is 1. The summed E-state index contributed by atoms with van der Waals surface area (Å²) in [6, 6.07) is 13.1. The second kappa shape index (κ2) is 5.37. The highest BCUT2D eigenvalue weighted by Gasteiger charge is 2.16. The first-order valence-corrected chi connectivity index (χ1v) is 6.73. The van der Waals surface area contributed by atoms with E-state index >= 15 is 0 Å². The quantitative estimate of drug-likeness (QED) is 0.684. The van der Waals surface area contributed by atoms with Gasteiger partial charge in [-0.15, -0.1) is 0 Å². The molecule has 3 rings (SSSR count). The maximum Gasteiger partial charge on any atom is 0.197 e. The first-order valence-electron chi connectivity index (χ1n) is 6.73. The largest absolute Gasteiger partial charge is 0.496 e. The van der Waals surface area contributed by atoms with Gasteiger partial charge in [-0.05, 0) is 36.1 Å². The molecule has 3 aromatic rings. The molecule has 1 aromatic heterocycles. The summed E-state index contributed by atoms with van der Waals surface area (Å²) in [5.41, 5.74) is 2.30. The Balaban J connectivity index is 2.17. The Hall–Kier alpha value is -2.68. The third-order valence-electron chi connectivity index (χ3n) is 3.53. The fraction of sp³-hybridized carbons (Fsp3) is 0.111. The molecule has 0 bridgehead atoms. The Morgan fingerprint density at radius 2 is 1.95 bits per heavy atom. The molecule has 0 saturated heterocycles. The SMILES string of the molecule is COc1cc(C)ccc1C(=O)c1cccc2cnccc12. The second-order valence-corrected chi connectivity index (χ2v) is 4.94. The highest BCUT2D eigenvalue weighted by Crippen LogP contribution is 2.26. The summed E-state index contributed by atoms with van der Waals surface area (Å²) in [5, 5.41) is 1.86. The van der Waals surface area contributed by atoms with Crippen LogP contribution in [0.1, 0.15) is 21.5 Å². The number of nitrogens with zero attached hydrogens (tertiary/aromatic N) is 1. The fourth-order valence-electron chi connectivity index (χ4n) is 2.45. The van der Waals surface area contributed by atoms with Gasteiger partial charge in [0.25, 0.3) is 0 Å². The lowest BCUT2D eigenvalue weighted by Crippen LogP contribution is -2.05. The number of carbonyl (C=O) groups is 1. The highest BCUT2D eigenvalue weighted by atomic mass is 16.5. The second-order valence-electron chi connectivity index (χ2n) is 4.94. The van der Waals surface area contributed by atoms with Crippen LogP contribution in [0.15, 0.2) is 54.9 Å². The molecule has 2 aromatic carbocycles. The summed E-state index contributed by atoms with van der Waals surface area (Å²) in [6.45, 7) is 1.97. The zero-order valence-corrected chi connectivity index (χ0v) is 12.0. The number of hydrogen-bond acceptors (Lipinski definition) is 3. The number of pyridine rings is 1. The van der Waals surface area contributed by atoms with Gasteiger partial charge in [-0.1, -0.05) is 24.3 Å². The van der Waals surface area contributed by atoms with Gasteiger partial charge in [0.2, 0.25) is 0 Å². The minimum atomic E-state index is -0.0383. The predicted molar refractivity (Wildman–Crippen MR) is 82.9 cm³/mol. The molecule has 0 radical (unpaired) electrons. The topological polar surface area (TPSA) is 39.2 Å². The Kier molecular flexibility index (Phi) is 3.40. The molecular formula is C18H15NO2. The summed E-state index contributed by atoms with van der Waals surface area (Å²) in [4.78, 5) is 16.9. The van der Waals surface area contributed by atoms with Crippen LogP contribution in [0.25, 0.3) is 10.8 Å². The summed E-state index contributed by atoms with van der Waals surface area (Å²) in [5.74, 6) is 0.565. The van der Waals surface area contributed by atoms with Crippen molar-refractivity contribution in [2.24, 2.45) is 0 Å². The number of methoxy groups -OCH3 is 1. The molecule has 0 spiro atoms. The number of aromatic nitrogens is 1. The van der Waals surface area contributed by atoms with Gasteiger partial charge in [0.1, 0.15) is 5.75 Å². The van der Waals surface area contributed by atoms with Crippen molar-refractivity contribution in [1.29, 1.82) is 0 Å². The van der Waals surface area contributed by atoms with Crippen LogP contribution in [-0.2, 0) is 0 Å². The number of ketones is 1. The molecule has 104 valence electrons. The van der Waals surface area contributed by atoms with Crippen molar-refractivity contribution in [3.05, 3.63) is 71.5 Å². The van der Waals surface area contributed by atoms with Gasteiger partial charge < -0.3 is 4.74 Å². The average Bonchev–Trinajstić information content (AvgIpc) is 2.53. The summed E-state index contributed by atoms with van der Waals surface area (Å²) < 4.78 is 5.35. The first-order chi connectivity index (χ1) is 10.2. The standard InChI is InChI=1S/C18H15NO2/c1-12-6-7-16(17(10-12)21-2)18(20)15-5-3-4-13-11-19-9-8-14(13)15/h3-11H,1-2H3. The van der Waals surface area contributed by atoms with Gasteiger partial charge in [-0.3, -0.25) is 9.78 Å². The van der Waals surface area contributed by atoms with E-state index in [1.54, 1.807) is 19.5 Å². The third-order valence-corrected chi connectivity index (χ3v) is 3.53. The fourth-order valence-corrected chi connectivity index (χ4v) is 2.45. The van der Waals surface area contributed by atoms with Gasteiger partial charge in [0.05, 0.1) is 12.7 Å². The molecule has 0 saturated carbocycles. The molecular weight excluding hydrogens is 262 g/mol. The van der Waals surface area contributed by atoms with Gasteiger partial charge in [-0.25, -0.2) is 0 Å². The molecule has 0 fully saturated rings. The van der Waals surface area contributed by atoms with E-state index in [1.165, 1.54) is 0 Å². The van der Waals surface area contributed by atoms with Crippen LogP contribution in [0, 0.1) is 6.92 Å². The van der Waals surface area contributed by atoms with Crippen molar-refractivity contribution >= 4 is 16.6 Å². The molecule has 0 aliphatic heterocycles. The molecule has 21 heavy (non-hydrogen) atoms. The number of rotatable bonds is 3. The van der Waals surface area contributed by atoms with E-state index in [0.717, 1.165) is 16.3 Å². The lowest BCUT2D eigenvalue weighted by molar-refractivity contribution is 0.103. The number of fused-ring (bicyclic) bond motifs is 1. The molecule has 1 heterocycles. The van der Waals surface area contributed by atoms with E-state index in [9.17, 15) is 4.79 Å². The zero-order valence-electron chi connectivity index (χ0n) is 12.0. The van der Waals surface area contributed by atoms with Gasteiger partial charge in [0, 0.05) is 23.3 Å². The lowest BCUT2D eigenvalue weighted by atomic mass is 9.97.